The van der Waals surface area contributed by atoms with Gasteiger partial charge in [-0.25, -0.2) is 4.39 Å². The van der Waals surface area contributed by atoms with Crippen molar-refractivity contribution in [1.29, 1.82) is 0 Å². The van der Waals surface area contributed by atoms with Gasteiger partial charge in [-0.1, -0.05) is 6.92 Å². The molecule has 19 heavy (non-hydrogen) atoms. The third-order valence-electron chi connectivity index (χ3n) is 3.76. The highest BCUT2D eigenvalue weighted by Gasteiger charge is 2.29. The summed E-state index contributed by atoms with van der Waals surface area (Å²) in [5, 5.41) is 11.0. The summed E-state index contributed by atoms with van der Waals surface area (Å²) in [4.78, 5) is 14.7. The number of benzene rings is 1. The number of hydrogen-bond acceptors (Lipinski definition) is 4. The smallest absolute Gasteiger partial charge is 0.292 e. The predicted octanol–water partition coefficient (Wildman–Crippen LogP) is 2.26. The van der Waals surface area contributed by atoms with E-state index in [1.807, 2.05) is 11.9 Å². The number of halogens is 1. The fraction of sp³-hybridized carbons (Fsp3) is 0.538. The first-order chi connectivity index (χ1) is 9.02. The minimum atomic E-state index is -0.453. The van der Waals surface area contributed by atoms with Crippen LogP contribution in [0.3, 0.4) is 0 Å². The number of anilines is 1. The Bertz CT molecular complexity index is 481. The molecule has 1 heterocycles. The normalized spacial score (nSPS) is 19.2. The van der Waals surface area contributed by atoms with E-state index in [0.29, 0.717) is 18.3 Å². The topological polar surface area (TPSA) is 49.6 Å². The highest BCUT2D eigenvalue weighted by Crippen LogP contribution is 2.32. The highest BCUT2D eigenvalue weighted by atomic mass is 19.1. The zero-order valence-electron chi connectivity index (χ0n) is 11.2. The molecular weight excluding hydrogens is 249 g/mol. The quantitative estimate of drug-likeness (QED) is 0.620. The number of nitrogens with zero attached hydrogens (tertiary/aromatic N) is 3. The SMILES string of the molecule is CCN(C)[C@@H]1CCN(c2cc(F)ccc2[N+](=O)[O-])C1. The van der Waals surface area contributed by atoms with Crippen molar-refractivity contribution >= 4 is 11.4 Å². The Morgan fingerprint density at radius 3 is 2.95 bits per heavy atom. The van der Waals surface area contributed by atoms with Gasteiger partial charge >= 0.3 is 0 Å². The maximum atomic E-state index is 13.3. The average molecular weight is 267 g/mol. The molecule has 1 aromatic carbocycles. The summed E-state index contributed by atoms with van der Waals surface area (Å²) in [5.74, 6) is -0.437. The van der Waals surface area contributed by atoms with Crippen LogP contribution in [0, 0.1) is 15.9 Å². The summed E-state index contributed by atoms with van der Waals surface area (Å²) < 4.78 is 13.3. The van der Waals surface area contributed by atoms with Crippen molar-refractivity contribution in [3.8, 4) is 0 Å². The van der Waals surface area contributed by atoms with Crippen LogP contribution >= 0.6 is 0 Å². The maximum Gasteiger partial charge on any atom is 0.292 e. The molecule has 0 saturated carbocycles. The fourth-order valence-electron chi connectivity index (χ4n) is 2.48. The van der Waals surface area contributed by atoms with Crippen molar-refractivity contribution in [2.45, 2.75) is 19.4 Å². The molecule has 5 nitrogen and oxygen atoms in total. The van der Waals surface area contributed by atoms with Gasteiger partial charge in [-0.05, 0) is 26.1 Å². The van der Waals surface area contributed by atoms with Gasteiger partial charge in [-0.3, -0.25) is 10.1 Å². The Kier molecular flexibility index (Phi) is 3.99. The molecule has 1 saturated heterocycles. The van der Waals surface area contributed by atoms with E-state index < -0.39 is 10.7 Å². The number of likely N-dealkylation sites (N-methyl/N-ethyl adjacent to an activating group) is 1. The molecule has 1 aliphatic heterocycles. The van der Waals surface area contributed by atoms with E-state index >= 15 is 0 Å². The van der Waals surface area contributed by atoms with E-state index in [4.69, 9.17) is 0 Å². The van der Waals surface area contributed by atoms with Gasteiger partial charge in [0.15, 0.2) is 0 Å². The van der Waals surface area contributed by atoms with Crippen molar-refractivity contribution < 1.29 is 9.31 Å². The van der Waals surface area contributed by atoms with Gasteiger partial charge in [-0.2, -0.15) is 0 Å². The molecule has 104 valence electrons. The highest BCUT2D eigenvalue weighted by molar-refractivity contribution is 5.64. The van der Waals surface area contributed by atoms with Crippen LogP contribution in [-0.4, -0.2) is 42.5 Å². The Hall–Kier alpha value is -1.69. The summed E-state index contributed by atoms with van der Waals surface area (Å²) in [6, 6.07) is 3.99. The van der Waals surface area contributed by atoms with Crippen molar-refractivity contribution in [3.05, 3.63) is 34.1 Å². The van der Waals surface area contributed by atoms with Crippen LogP contribution in [0.5, 0.6) is 0 Å². The van der Waals surface area contributed by atoms with Crippen LogP contribution < -0.4 is 4.90 Å². The van der Waals surface area contributed by atoms with Gasteiger partial charge < -0.3 is 9.80 Å². The molecule has 0 aromatic heterocycles. The van der Waals surface area contributed by atoms with Crippen molar-refractivity contribution in [2.24, 2.45) is 0 Å². The lowest BCUT2D eigenvalue weighted by atomic mass is 10.2. The second-order valence-electron chi connectivity index (χ2n) is 4.85. The Morgan fingerprint density at radius 1 is 1.58 bits per heavy atom. The van der Waals surface area contributed by atoms with Crippen LogP contribution in [0.25, 0.3) is 0 Å². The zero-order valence-corrected chi connectivity index (χ0v) is 11.2. The van der Waals surface area contributed by atoms with E-state index in [2.05, 4.69) is 11.8 Å². The molecule has 6 heteroatoms. The molecule has 0 spiro atoms. The van der Waals surface area contributed by atoms with Gasteiger partial charge in [-0.15, -0.1) is 0 Å². The average Bonchev–Trinajstić information content (AvgIpc) is 2.86. The lowest BCUT2D eigenvalue weighted by Crippen LogP contribution is -2.34. The Labute approximate surface area is 111 Å². The monoisotopic (exact) mass is 267 g/mol. The van der Waals surface area contributed by atoms with Gasteiger partial charge in [0.25, 0.3) is 5.69 Å². The van der Waals surface area contributed by atoms with Crippen LogP contribution in [0.2, 0.25) is 0 Å². The van der Waals surface area contributed by atoms with Crippen molar-refractivity contribution in [1.82, 2.24) is 4.90 Å². The summed E-state index contributed by atoms with van der Waals surface area (Å²) in [5.41, 5.74) is 0.359. The molecule has 0 unspecified atom stereocenters. The molecule has 1 aliphatic rings. The molecule has 1 fully saturated rings. The van der Waals surface area contributed by atoms with E-state index in [9.17, 15) is 14.5 Å². The van der Waals surface area contributed by atoms with Gasteiger partial charge in [0.05, 0.1) is 4.92 Å². The molecule has 0 N–H and O–H groups in total. The molecule has 0 bridgehead atoms. The largest absolute Gasteiger partial charge is 0.364 e. The molecule has 2 rings (SSSR count). The molecule has 0 amide bonds. The van der Waals surface area contributed by atoms with E-state index in [1.165, 1.54) is 12.1 Å². The lowest BCUT2D eigenvalue weighted by molar-refractivity contribution is -0.384. The fourth-order valence-corrected chi connectivity index (χ4v) is 2.48. The first-order valence-corrected chi connectivity index (χ1v) is 6.42. The summed E-state index contributed by atoms with van der Waals surface area (Å²) in [6.07, 6.45) is 0.942. The van der Waals surface area contributed by atoms with Gasteiger partial charge in [0, 0.05) is 31.3 Å². The number of rotatable bonds is 4. The summed E-state index contributed by atoms with van der Waals surface area (Å²) >= 11 is 0. The minimum Gasteiger partial charge on any atom is -0.364 e. The standard InChI is InChI=1S/C13H18FN3O2/c1-3-15(2)11-6-7-16(9-11)13-8-10(14)4-5-12(13)17(18)19/h4-5,8,11H,3,6-7,9H2,1-2H3/t11-/m1/s1. The Morgan fingerprint density at radius 2 is 2.32 bits per heavy atom. The van der Waals surface area contributed by atoms with E-state index in [0.717, 1.165) is 25.6 Å². The van der Waals surface area contributed by atoms with Crippen LogP contribution in [0.4, 0.5) is 15.8 Å². The zero-order chi connectivity index (χ0) is 14.0. The van der Waals surface area contributed by atoms with E-state index in [1.54, 1.807) is 0 Å². The first-order valence-electron chi connectivity index (χ1n) is 6.42. The van der Waals surface area contributed by atoms with Crippen LogP contribution in [-0.2, 0) is 0 Å². The lowest BCUT2D eigenvalue weighted by Gasteiger charge is -2.23. The Balaban J connectivity index is 2.23. The van der Waals surface area contributed by atoms with Crippen LogP contribution in [0.15, 0.2) is 18.2 Å². The van der Waals surface area contributed by atoms with Crippen molar-refractivity contribution in [2.75, 3.05) is 31.6 Å². The van der Waals surface area contributed by atoms with Crippen molar-refractivity contribution in [3.63, 3.8) is 0 Å². The maximum absolute atomic E-state index is 13.3. The molecule has 1 atom stereocenters. The first kappa shape index (κ1) is 13.7. The summed E-state index contributed by atoms with van der Waals surface area (Å²) in [7, 11) is 2.04. The van der Waals surface area contributed by atoms with Crippen LogP contribution in [0.1, 0.15) is 13.3 Å². The number of hydrogen-bond donors (Lipinski definition) is 0. The molecule has 1 aromatic rings. The van der Waals surface area contributed by atoms with Gasteiger partial charge in [0.1, 0.15) is 11.5 Å². The predicted molar refractivity (Wildman–Crippen MR) is 72.0 cm³/mol. The summed E-state index contributed by atoms with van der Waals surface area (Å²) in [6.45, 7) is 4.44. The third-order valence-corrected chi connectivity index (χ3v) is 3.76. The molecule has 0 aliphatic carbocycles. The third kappa shape index (κ3) is 2.84. The number of nitro benzene ring substituents is 1. The second-order valence-corrected chi connectivity index (χ2v) is 4.85. The minimum absolute atomic E-state index is 0.0267. The molecular formula is C13H18FN3O2. The molecule has 0 radical (unpaired) electrons. The number of nitro groups is 1. The van der Waals surface area contributed by atoms with E-state index in [-0.39, 0.29) is 5.69 Å². The second kappa shape index (κ2) is 5.52. The van der Waals surface area contributed by atoms with Gasteiger partial charge in [0.2, 0.25) is 0 Å².